The number of rotatable bonds is 3. The summed E-state index contributed by atoms with van der Waals surface area (Å²) in [5, 5.41) is 3.54. The molecule has 0 aliphatic carbocycles. The number of hydrazine groups is 2. The number of epoxide rings is 1. The highest BCUT2D eigenvalue weighted by atomic mass is 31.2. The van der Waals surface area contributed by atoms with Crippen LogP contribution in [-0.4, -0.2) is 11.9 Å². The Morgan fingerprint density at radius 1 is 1.60 bits per heavy atom. The van der Waals surface area contributed by atoms with E-state index in [4.69, 9.17) is 16.4 Å². The molecule has 0 aromatic rings. The van der Waals surface area contributed by atoms with Crippen LogP contribution in [0.5, 0.6) is 0 Å². The van der Waals surface area contributed by atoms with E-state index in [0.717, 1.165) is 0 Å². The van der Waals surface area contributed by atoms with Crippen molar-refractivity contribution in [1.82, 2.24) is 10.4 Å². The molecule has 0 bridgehead atoms. The molecule has 6 N–H and O–H groups in total. The summed E-state index contributed by atoms with van der Waals surface area (Å²) >= 11 is 0. The Morgan fingerprint density at radius 3 is 2.10 bits per heavy atom. The summed E-state index contributed by atoms with van der Waals surface area (Å²) in [5.74, 6) is 10.0. The van der Waals surface area contributed by atoms with E-state index in [1.807, 2.05) is 0 Å². The largest absolute Gasteiger partial charge is 0.359 e. The number of hydrogen-bond acceptors (Lipinski definition) is 4. The maximum absolute atomic E-state index is 11.4. The molecule has 0 aromatic carbocycles. The monoisotopic (exact) mass is 166 g/mol. The van der Waals surface area contributed by atoms with Gasteiger partial charge in [0.15, 0.2) is 5.34 Å². The van der Waals surface area contributed by atoms with E-state index < -0.39 is 12.8 Å². The first-order chi connectivity index (χ1) is 4.58. The van der Waals surface area contributed by atoms with Crippen molar-refractivity contribution in [2.75, 3.05) is 6.61 Å². The van der Waals surface area contributed by atoms with Gasteiger partial charge in [0.05, 0.1) is 6.61 Å². The predicted molar refractivity (Wildman–Crippen MR) is 36.6 cm³/mol. The molecule has 1 unspecified atom stereocenters. The fourth-order valence-corrected chi connectivity index (χ4v) is 1.65. The first kappa shape index (κ1) is 8.13. The molecule has 1 fully saturated rings. The average Bonchev–Trinajstić information content (AvgIpc) is 2.68. The molecule has 1 saturated heterocycles. The van der Waals surface area contributed by atoms with Gasteiger partial charge in [0.25, 0.3) is 7.44 Å². The maximum Gasteiger partial charge on any atom is 0.269 e. The van der Waals surface area contributed by atoms with Crippen LogP contribution in [0, 0.1) is 0 Å². The third-order valence-electron chi connectivity index (χ3n) is 1.59. The van der Waals surface area contributed by atoms with Gasteiger partial charge in [0.2, 0.25) is 0 Å². The van der Waals surface area contributed by atoms with Gasteiger partial charge >= 0.3 is 0 Å². The summed E-state index contributed by atoms with van der Waals surface area (Å²) in [6.07, 6.45) is 0. The van der Waals surface area contributed by atoms with E-state index in [9.17, 15) is 4.57 Å². The number of hydrogen-bond donors (Lipinski definition) is 4. The van der Waals surface area contributed by atoms with Crippen LogP contribution < -0.4 is 22.1 Å². The number of ether oxygens (including phenoxy) is 1. The highest BCUT2D eigenvalue weighted by molar-refractivity contribution is 7.61. The van der Waals surface area contributed by atoms with Crippen molar-refractivity contribution in [3.63, 3.8) is 0 Å². The van der Waals surface area contributed by atoms with Crippen molar-refractivity contribution in [1.29, 1.82) is 0 Å². The standard InChI is InChI=1S/C3H11N4O2P/c1-3(2-9-3)10(8,6-4)7-5/h2,4-5H2,1H3,(H2,6,7,8). The zero-order valence-electron chi connectivity index (χ0n) is 5.63. The quantitative estimate of drug-likeness (QED) is 0.182. The van der Waals surface area contributed by atoms with Crippen LogP contribution in [0.4, 0.5) is 0 Å². The smallest absolute Gasteiger partial charge is 0.269 e. The van der Waals surface area contributed by atoms with Gasteiger partial charge in [-0.3, -0.25) is 16.3 Å². The van der Waals surface area contributed by atoms with E-state index in [2.05, 4.69) is 10.4 Å². The van der Waals surface area contributed by atoms with E-state index in [1.54, 1.807) is 6.92 Å². The van der Waals surface area contributed by atoms with Crippen molar-refractivity contribution in [3.8, 4) is 0 Å². The first-order valence-corrected chi connectivity index (χ1v) is 4.48. The number of nitrogens with two attached hydrogens (primary N) is 2. The zero-order chi connectivity index (χ0) is 7.83. The molecule has 10 heavy (non-hydrogen) atoms. The Labute approximate surface area is 58.7 Å². The van der Waals surface area contributed by atoms with Crippen molar-refractivity contribution in [3.05, 3.63) is 0 Å². The van der Waals surface area contributed by atoms with Gasteiger partial charge in [-0.15, -0.1) is 0 Å². The third-order valence-corrected chi connectivity index (χ3v) is 3.91. The van der Waals surface area contributed by atoms with Crippen LogP contribution in [-0.2, 0) is 9.30 Å². The highest BCUT2D eigenvalue weighted by Crippen LogP contribution is 2.57. The molecular formula is C3H11N4O2P. The molecule has 6 nitrogen and oxygen atoms in total. The summed E-state index contributed by atoms with van der Waals surface area (Å²) in [6.45, 7) is 2.09. The van der Waals surface area contributed by atoms with Gasteiger partial charge < -0.3 is 4.74 Å². The van der Waals surface area contributed by atoms with Gasteiger partial charge in [0.1, 0.15) is 0 Å². The zero-order valence-corrected chi connectivity index (χ0v) is 6.52. The fraction of sp³-hybridized carbons (Fsp3) is 1.00. The molecule has 1 aliphatic rings. The molecule has 1 atom stereocenters. The maximum atomic E-state index is 11.4. The van der Waals surface area contributed by atoms with E-state index in [1.165, 1.54) is 0 Å². The van der Waals surface area contributed by atoms with Gasteiger partial charge in [-0.05, 0) is 6.92 Å². The van der Waals surface area contributed by atoms with Crippen molar-refractivity contribution in [2.45, 2.75) is 12.3 Å². The second-order valence-electron chi connectivity index (χ2n) is 2.33. The molecule has 0 radical (unpaired) electrons. The Bertz CT molecular complexity index is 171. The van der Waals surface area contributed by atoms with Crippen LogP contribution in [0.1, 0.15) is 6.92 Å². The SMILES string of the molecule is CC1(P(=O)(NN)NN)CO1. The Hall–Kier alpha value is 0.0300. The van der Waals surface area contributed by atoms with Crippen molar-refractivity contribution >= 4 is 7.44 Å². The molecule has 0 aromatic heterocycles. The summed E-state index contributed by atoms with van der Waals surface area (Å²) in [4.78, 5) is 0. The summed E-state index contributed by atoms with van der Waals surface area (Å²) in [7, 11) is -2.92. The minimum atomic E-state index is -2.92. The predicted octanol–water partition coefficient (Wildman–Crippen LogP) is -1.15. The molecule has 1 aliphatic heterocycles. The van der Waals surface area contributed by atoms with Crippen LogP contribution in [0.3, 0.4) is 0 Å². The van der Waals surface area contributed by atoms with Crippen molar-refractivity contribution < 1.29 is 9.30 Å². The minimum Gasteiger partial charge on any atom is -0.359 e. The number of nitrogens with one attached hydrogen (secondary N) is 2. The summed E-state index contributed by atoms with van der Waals surface area (Å²) < 4.78 is 16.3. The van der Waals surface area contributed by atoms with Crippen LogP contribution in [0.25, 0.3) is 0 Å². The van der Waals surface area contributed by atoms with E-state index >= 15 is 0 Å². The molecule has 7 heteroatoms. The molecule has 0 amide bonds. The second kappa shape index (κ2) is 2.27. The Balaban J connectivity index is 2.74. The topological polar surface area (TPSA) is 106 Å². The molecule has 1 heterocycles. The van der Waals surface area contributed by atoms with Crippen LogP contribution in [0.2, 0.25) is 0 Å². The van der Waals surface area contributed by atoms with Crippen molar-refractivity contribution in [2.24, 2.45) is 11.7 Å². The molecule has 0 spiro atoms. The minimum absolute atomic E-state index is 0.415. The normalized spacial score (nSPS) is 32.3. The van der Waals surface area contributed by atoms with Gasteiger partial charge in [-0.25, -0.2) is 0 Å². The second-order valence-corrected chi connectivity index (χ2v) is 5.01. The van der Waals surface area contributed by atoms with Crippen LogP contribution >= 0.6 is 7.44 Å². The molecule has 1 rings (SSSR count). The average molecular weight is 166 g/mol. The van der Waals surface area contributed by atoms with Gasteiger partial charge in [-0.2, -0.15) is 10.4 Å². The van der Waals surface area contributed by atoms with Gasteiger partial charge in [0, 0.05) is 0 Å². The fourth-order valence-electron chi connectivity index (χ4n) is 0.597. The van der Waals surface area contributed by atoms with Crippen LogP contribution in [0.15, 0.2) is 0 Å². The highest BCUT2D eigenvalue weighted by Gasteiger charge is 2.55. The van der Waals surface area contributed by atoms with E-state index in [-0.39, 0.29) is 0 Å². The van der Waals surface area contributed by atoms with Gasteiger partial charge in [-0.1, -0.05) is 0 Å². The molecular weight excluding hydrogens is 155 g/mol. The Morgan fingerprint density at radius 2 is 2.00 bits per heavy atom. The third kappa shape index (κ3) is 0.989. The lowest BCUT2D eigenvalue weighted by atomic mass is 10.6. The lowest BCUT2D eigenvalue weighted by Crippen LogP contribution is -2.38. The summed E-state index contributed by atoms with van der Waals surface area (Å²) in [5.41, 5.74) is 0. The Kier molecular flexibility index (Phi) is 1.84. The lowest BCUT2D eigenvalue weighted by Gasteiger charge is -2.18. The van der Waals surface area contributed by atoms with E-state index in [0.29, 0.717) is 6.61 Å². The summed E-state index contributed by atoms with van der Waals surface area (Å²) in [6, 6.07) is 0. The first-order valence-electron chi connectivity index (χ1n) is 2.78. The molecule has 60 valence electrons. The lowest BCUT2D eigenvalue weighted by molar-refractivity contribution is 0.377. The molecule has 0 saturated carbocycles.